The van der Waals surface area contributed by atoms with Gasteiger partial charge in [-0.1, -0.05) is 0 Å². The SMILES string of the molecule is Cc1cn2c(C)nc(Br)c2c(N)n1. The van der Waals surface area contributed by atoms with Crippen LogP contribution in [-0.4, -0.2) is 14.4 Å². The second-order valence-electron chi connectivity index (χ2n) is 2.94. The zero-order valence-corrected chi connectivity index (χ0v) is 8.96. The molecule has 0 amide bonds. The Balaban J connectivity index is 2.97. The van der Waals surface area contributed by atoms with Crippen molar-refractivity contribution in [2.24, 2.45) is 0 Å². The molecule has 0 aliphatic heterocycles. The molecule has 2 aromatic heterocycles. The van der Waals surface area contributed by atoms with Crippen LogP contribution in [0.4, 0.5) is 5.82 Å². The van der Waals surface area contributed by atoms with Crippen molar-refractivity contribution in [3.63, 3.8) is 0 Å². The van der Waals surface area contributed by atoms with Crippen molar-refractivity contribution in [2.75, 3.05) is 5.73 Å². The molecule has 0 spiro atoms. The number of imidazole rings is 1. The molecule has 4 nitrogen and oxygen atoms in total. The van der Waals surface area contributed by atoms with Crippen molar-refractivity contribution in [3.05, 3.63) is 22.3 Å². The van der Waals surface area contributed by atoms with Gasteiger partial charge in [0.1, 0.15) is 15.9 Å². The zero-order valence-electron chi connectivity index (χ0n) is 7.37. The summed E-state index contributed by atoms with van der Waals surface area (Å²) in [5.41, 5.74) is 7.49. The van der Waals surface area contributed by atoms with Crippen LogP contribution in [0.15, 0.2) is 10.8 Å². The Morgan fingerprint density at radius 2 is 2.08 bits per heavy atom. The number of nitrogen functional groups attached to an aromatic ring is 1. The smallest absolute Gasteiger partial charge is 0.150 e. The van der Waals surface area contributed by atoms with Crippen LogP contribution >= 0.6 is 15.9 Å². The summed E-state index contributed by atoms with van der Waals surface area (Å²) in [5.74, 6) is 1.41. The number of anilines is 1. The molecule has 0 fully saturated rings. The minimum Gasteiger partial charge on any atom is -0.382 e. The van der Waals surface area contributed by atoms with Gasteiger partial charge in [-0.3, -0.25) is 4.40 Å². The molecule has 2 aromatic rings. The summed E-state index contributed by atoms with van der Waals surface area (Å²) in [7, 11) is 0. The zero-order chi connectivity index (χ0) is 9.59. The molecule has 0 unspecified atom stereocenters. The molecule has 0 radical (unpaired) electrons. The highest BCUT2D eigenvalue weighted by Gasteiger charge is 2.09. The van der Waals surface area contributed by atoms with Gasteiger partial charge in [0.2, 0.25) is 0 Å². The molecule has 0 atom stereocenters. The molecule has 0 aliphatic carbocycles. The maximum absolute atomic E-state index is 5.77. The third kappa shape index (κ3) is 1.19. The monoisotopic (exact) mass is 240 g/mol. The number of rotatable bonds is 0. The van der Waals surface area contributed by atoms with Crippen LogP contribution < -0.4 is 5.73 Å². The predicted octanol–water partition coefficient (Wildman–Crippen LogP) is 1.69. The number of nitrogens with two attached hydrogens (primary N) is 1. The largest absolute Gasteiger partial charge is 0.382 e. The normalized spacial score (nSPS) is 11.0. The van der Waals surface area contributed by atoms with E-state index in [0.29, 0.717) is 5.82 Å². The van der Waals surface area contributed by atoms with Crippen LogP contribution in [0.1, 0.15) is 11.5 Å². The number of halogens is 1. The van der Waals surface area contributed by atoms with Crippen LogP contribution in [-0.2, 0) is 0 Å². The lowest BCUT2D eigenvalue weighted by molar-refractivity contribution is 1.01. The number of hydrogen-bond donors (Lipinski definition) is 1. The number of aromatic nitrogens is 3. The number of aryl methyl sites for hydroxylation is 2. The standard InChI is InChI=1S/C8H9BrN4/c1-4-3-13-5(2)12-7(9)6(13)8(10)11-4/h3H,1-2H3,(H2,10,11). The fraction of sp³-hybridized carbons (Fsp3) is 0.250. The second-order valence-corrected chi connectivity index (χ2v) is 3.69. The van der Waals surface area contributed by atoms with Gasteiger partial charge >= 0.3 is 0 Å². The van der Waals surface area contributed by atoms with Crippen molar-refractivity contribution in [2.45, 2.75) is 13.8 Å². The molecule has 0 aliphatic rings. The van der Waals surface area contributed by atoms with Crippen molar-refractivity contribution in [3.8, 4) is 0 Å². The quantitative estimate of drug-likeness (QED) is 0.763. The van der Waals surface area contributed by atoms with E-state index in [9.17, 15) is 0 Å². The van der Waals surface area contributed by atoms with Gasteiger partial charge in [-0.15, -0.1) is 0 Å². The van der Waals surface area contributed by atoms with E-state index in [4.69, 9.17) is 5.73 Å². The minimum absolute atomic E-state index is 0.507. The molecular formula is C8H9BrN4. The molecule has 0 saturated carbocycles. The predicted molar refractivity (Wildman–Crippen MR) is 54.6 cm³/mol. The molecule has 0 saturated heterocycles. The summed E-state index contributed by atoms with van der Waals surface area (Å²) < 4.78 is 2.68. The highest BCUT2D eigenvalue weighted by molar-refractivity contribution is 9.10. The molecule has 2 N–H and O–H groups in total. The Kier molecular flexibility index (Phi) is 1.76. The van der Waals surface area contributed by atoms with Gasteiger partial charge in [0.15, 0.2) is 5.82 Å². The van der Waals surface area contributed by atoms with Crippen molar-refractivity contribution in [1.29, 1.82) is 0 Å². The van der Waals surface area contributed by atoms with Gasteiger partial charge in [0.25, 0.3) is 0 Å². The maximum Gasteiger partial charge on any atom is 0.150 e. The minimum atomic E-state index is 0.507. The highest BCUT2D eigenvalue weighted by atomic mass is 79.9. The van der Waals surface area contributed by atoms with Gasteiger partial charge < -0.3 is 5.73 Å². The summed E-state index contributed by atoms with van der Waals surface area (Å²) in [4.78, 5) is 8.41. The number of nitrogens with zero attached hydrogens (tertiary/aromatic N) is 3. The lowest BCUT2D eigenvalue weighted by Gasteiger charge is -2.01. The first kappa shape index (κ1) is 8.50. The Morgan fingerprint density at radius 1 is 1.38 bits per heavy atom. The second kappa shape index (κ2) is 2.70. The summed E-state index contributed by atoms with van der Waals surface area (Å²) in [5, 5.41) is 0. The van der Waals surface area contributed by atoms with Crippen LogP contribution in [0.5, 0.6) is 0 Å². The Morgan fingerprint density at radius 3 is 2.77 bits per heavy atom. The average Bonchev–Trinajstić information content (AvgIpc) is 2.27. The maximum atomic E-state index is 5.77. The van der Waals surface area contributed by atoms with E-state index in [1.165, 1.54) is 0 Å². The van der Waals surface area contributed by atoms with Crippen LogP contribution in [0.2, 0.25) is 0 Å². The first-order valence-electron chi connectivity index (χ1n) is 3.87. The molecule has 13 heavy (non-hydrogen) atoms. The first-order chi connectivity index (χ1) is 6.09. The molecule has 2 heterocycles. The lowest BCUT2D eigenvalue weighted by atomic mass is 10.4. The van der Waals surface area contributed by atoms with Gasteiger partial charge in [0, 0.05) is 6.20 Å². The van der Waals surface area contributed by atoms with E-state index in [2.05, 4.69) is 25.9 Å². The average molecular weight is 241 g/mol. The molecule has 0 bridgehead atoms. The topological polar surface area (TPSA) is 56.2 Å². The fourth-order valence-electron chi connectivity index (χ4n) is 1.36. The summed E-state index contributed by atoms with van der Waals surface area (Å²) >= 11 is 3.34. The highest BCUT2D eigenvalue weighted by Crippen LogP contribution is 2.22. The third-order valence-electron chi connectivity index (χ3n) is 1.90. The van der Waals surface area contributed by atoms with Crippen LogP contribution in [0.3, 0.4) is 0 Å². The van der Waals surface area contributed by atoms with Gasteiger partial charge in [-0.05, 0) is 29.8 Å². The van der Waals surface area contributed by atoms with Crippen molar-refractivity contribution < 1.29 is 0 Å². The molecule has 68 valence electrons. The third-order valence-corrected chi connectivity index (χ3v) is 2.45. The van der Waals surface area contributed by atoms with E-state index in [1.807, 2.05) is 24.4 Å². The lowest BCUT2D eigenvalue weighted by Crippen LogP contribution is -1.98. The summed E-state index contributed by atoms with van der Waals surface area (Å²) in [6.07, 6.45) is 1.92. The van der Waals surface area contributed by atoms with E-state index in [1.54, 1.807) is 0 Å². The molecule has 2 rings (SSSR count). The van der Waals surface area contributed by atoms with Crippen LogP contribution in [0.25, 0.3) is 5.52 Å². The first-order valence-corrected chi connectivity index (χ1v) is 4.66. The van der Waals surface area contributed by atoms with Crippen molar-refractivity contribution >= 4 is 27.3 Å². The summed E-state index contributed by atoms with van der Waals surface area (Å²) in [6, 6.07) is 0. The number of fused-ring (bicyclic) bond motifs is 1. The molecular weight excluding hydrogens is 232 g/mol. The Labute approximate surface area is 83.9 Å². The fourth-order valence-corrected chi connectivity index (χ4v) is 2.01. The van der Waals surface area contributed by atoms with Gasteiger partial charge in [-0.2, -0.15) is 0 Å². The van der Waals surface area contributed by atoms with Crippen molar-refractivity contribution in [1.82, 2.24) is 14.4 Å². The van der Waals surface area contributed by atoms with Gasteiger partial charge in [-0.25, -0.2) is 9.97 Å². The van der Waals surface area contributed by atoms with Crippen LogP contribution in [0, 0.1) is 13.8 Å². The van der Waals surface area contributed by atoms with E-state index in [0.717, 1.165) is 21.6 Å². The Hall–Kier alpha value is -1.10. The Bertz CT molecular complexity index is 474. The van der Waals surface area contributed by atoms with E-state index >= 15 is 0 Å². The summed E-state index contributed by atoms with van der Waals surface area (Å²) in [6.45, 7) is 3.83. The molecule has 0 aromatic carbocycles. The molecule has 5 heteroatoms. The number of hydrogen-bond acceptors (Lipinski definition) is 3. The van der Waals surface area contributed by atoms with E-state index in [-0.39, 0.29) is 0 Å². The van der Waals surface area contributed by atoms with Gasteiger partial charge in [0.05, 0.1) is 5.69 Å². The van der Waals surface area contributed by atoms with E-state index < -0.39 is 0 Å².